The van der Waals surface area contributed by atoms with Gasteiger partial charge >= 0.3 is 0 Å². The molecule has 1 aliphatic heterocycles. The number of nitrogens with zero attached hydrogens (tertiary/aromatic N) is 5. The van der Waals surface area contributed by atoms with E-state index in [0.717, 1.165) is 30.8 Å². The molecule has 6 nitrogen and oxygen atoms in total. The Labute approximate surface area is 104 Å². The Hall–Kier alpha value is -2.24. The summed E-state index contributed by atoms with van der Waals surface area (Å²) >= 11 is 0. The monoisotopic (exact) mass is 243 g/mol. The van der Waals surface area contributed by atoms with Crippen molar-refractivity contribution in [3.05, 3.63) is 35.7 Å². The van der Waals surface area contributed by atoms with E-state index in [-0.39, 0.29) is 0 Å². The van der Waals surface area contributed by atoms with E-state index in [1.54, 1.807) is 18.6 Å². The summed E-state index contributed by atoms with van der Waals surface area (Å²) in [6.45, 7) is 4.22. The van der Waals surface area contributed by atoms with Crippen molar-refractivity contribution in [2.75, 3.05) is 11.4 Å². The molecule has 2 aromatic heterocycles. The molecule has 0 spiro atoms. The van der Waals surface area contributed by atoms with Gasteiger partial charge in [-0.15, -0.1) is 0 Å². The third-order valence-corrected chi connectivity index (χ3v) is 2.99. The largest absolute Gasteiger partial charge is 0.332 e. The van der Waals surface area contributed by atoms with E-state index in [0.29, 0.717) is 18.2 Å². The second-order valence-corrected chi connectivity index (χ2v) is 4.38. The number of fused-ring (bicyclic) bond motifs is 1. The molecule has 18 heavy (non-hydrogen) atoms. The second kappa shape index (κ2) is 4.21. The highest BCUT2D eigenvalue weighted by Gasteiger charge is 2.20. The third-order valence-electron chi connectivity index (χ3n) is 2.99. The maximum Gasteiger partial charge on any atom is 0.225 e. The van der Waals surface area contributed by atoms with Crippen LogP contribution in [0.3, 0.4) is 0 Å². The van der Waals surface area contributed by atoms with Gasteiger partial charge < -0.3 is 9.47 Å². The number of hydrogen-bond donors (Lipinski definition) is 0. The molecule has 0 radical (unpaired) electrons. The average molecular weight is 243 g/mol. The van der Waals surface area contributed by atoms with Crippen LogP contribution in [-0.2, 0) is 13.1 Å². The smallest absolute Gasteiger partial charge is 0.225 e. The Morgan fingerprint density at radius 1 is 1.28 bits per heavy atom. The van der Waals surface area contributed by atoms with Crippen molar-refractivity contribution in [3.63, 3.8) is 0 Å². The highest BCUT2D eigenvalue weighted by atomic mass is 16.1. The Morgan fingerprint density at radius 2 is 2.06 bits per heavy atom. The molecule has 2 aromatic rings. The zero-order valence-corrected chi connectivity index (χ0v) is 10.1. The first-order chi connectivity index (χ1) is 8.76. The molecule has 3 rings (SSSR count). The standard InChI is InChI=1S/C12H13N5O/c1-9-4-13-12(14-5-9)17-3-2-16-6-10(8-18)15-11(16)7-17/h4-6,8H,2-3,7H2,1H3. The van der Waals surface area contributed by atoms with Gasteiger partial charge in [0.15, 0.2) is 6.29 Å². The first-order valence-corrected chi connectivity index (χ1v) is 5.81. The van der Waals surface area contributed by atoms with Crippen LogP contribution in [0, 0.1) is 6.92 Å². The Balaban J connectivity index is 1.85. The van der Waals surface area contributed by atoms with Crippen molar-refractivity contribution in [3.8, 4) is 0 Å². The Morgan fingerprint density at radius 3 is 2.78 bits per heavy atom. The number of aryl methyl sites for hydroxylation is 1. The lowest BCUT2D eigenvalue weighted by molar-refractivity contribution is 0.111. The molecule has 0 fully saturated rings. The normalized spacial score (nSPS) is 14.4. The Kier molecular flexibility index (Phi) is 2.55. The van der Waals surface area contributed by atoms with Gasteiger partial charge in [0.25, 0.3) is 0 Å². The van der Waals surface area contributed by atoms with Gasteiger partial charge in [0, 0.05) is 31.7 Å². The number of hydrogen-bond acceptors (Lipinski definition) is 5. The predicted molar refractivity (Wildman–Crippen MR) is 65.4 cm³/mol. The maximum absolute atomic E-state index is 10.7. The first kappa shape index (κ1) is 10.9. The zero-order chi connectivity index (χ0) is 12.5. The molecule has 0 N–H and O–H groups in total. The van der Waals surface area contributed by atoms with Gasteiger partial charge in [-0.05, 0) is 12.5 Å². The highest BCUT2D eigenvalue weighted by Crippen LogP contribution is 2.16. The summed E-state index contributed by atoms with van der Waals surface area (Å²) in [7, 11) is 0. The summed E-state index contributed by atoms with van der Waals surface area (Å²) < 4.78 is 2.01. The van der Waals surface area contributed by atoms with Crippen molar-refractivity contribution in [2.45, 2.75) is 20.0 Å². The van der Waals surface area contributed by atoms with Gasteiger partial charge in [-0.2, -0.15) is 0 Å². The van der Waals surface area contributed by atoms with Crippen molar-refractivity contribution in [1.29, 1.82) is 0 Å². The number of anilines is 1. The van der Waals surface area contributed by atoms with Crippen LogP contribution in [0.5, 0.6) is 0 Å². The summed E-state index contributed by atoms with van der Waals surface area (Å²) in [5, 5.41) is 0. The molecular weight excluding hydrogens is 230 g/mol. The minimum absolute atomic E-state index is 0.483. The van der Waals surface area contributed by atoms with Crippen LogP contribution in [0.2, 0.25) is 0 Å². The second-order valence-electron chi connectivity index (χ2n) is 4.38. The molecule has 0 atom stereocenters. The summed E-state index contributed by atoms with van der Waals surface area (Å²) in [5.74, 6) is 1.59. The van der Waals surface area contributed by atoms with Crippen LogP contribution in [0.25, 0.3) is 0 Å². The molecule has 0 bridgehead atoms. The molecule has 0 aliphatic carbocycles. The minimum Gasteiger partial charge on any atom is -0.332 e. The number of rotatable bonds is 2. The van der Waals surface area contributed by atoms with Crippen LogP contribution in [-0.4, -0.2) is 32.3 Å². The minimum atomic E-state index is 0.483. The number of carbonyl (C=O) groups excluding carboxylic acids is 1. The average Bonchev–Trinajstić information content (AvgIpc) is 2.81. The van der Waals surface area contributed by atoms with Crippen molar-refractivity contribution < 1.29 is 4.79 Å². The fourth-order valence-corrected chi connectivity index (χ4v) is 2.05. The van der Waals surface area contributed by atoms with Crippen molar-refractivity contribution in [2.24, 2.45) is 0 Å². The van der Waals surface area contributed by atoms with Crippen molar-refractivity contribution >= 4 is 12.2 Å². The summed E-state index contributed by atoms with van der Waals surface area (Å²) in [6, 6.07) is 0. The summed E-state index contributed by atoms with van der Waals surface area (Å²) in [6.07, 6.45) is 6.17. The molecular formula is C12H13N5O. The van der Waals surface area contributed by atoms with E-state index in [4.69, 9.17) is 0 Å². The lowest BCUT2D eigenvalue weighted by Gasteiger charge is -2.27. The molecule has 0 saturated heterocycles. The van der Waals surface area contributed by atoms with Gasteiger partial charge in [0.05, 0.1) is 6.54 Å². The quantitative estimate of drug-likeness (QED) is 0.730. The van der Waals surface area contributed by atoms with Gasteiger partial charge in [-0.1, -0.05) is 0 Å². The summed E-state index contributed by atoms with van der Waals surface area (Å²) in [5.41, 5.74) is 1.53. The number of imidazole rings is 1. The van der Waals surface area contributed by atoms with Crippen LogP contribution in [0.1, 0.15) is 21.9 Å². The SMILES string of the molecule is Cc1cnc(N2CCn3cc(C=O)nc3C2)nc1. The Bertz CT molecular complexity index is 575. The molecule has 1 aliphatic rings. The van der Waals surface area contributed by atoms with E-state index in [1.807, 2.05) is 11.5 Å². The van der Waals surface area contributed by atoms with E-state index in [9.17, 15) is 4.79 Å². The van der Waals surface area contributed by atoms with Gasteiger partial charge in [-0.3, -0.25) is 4.79 Å². The zero-order valence-electron chi connectivity index (χ0n) is 10.1. The molecule has 92 valence electrons. The fraction of sp³-hybridized carbons (Fsp3) is 0.333. The van der Waals surface area contributed by atoms with Crippen LogP contribution in [0.15, 0.2) is 18.6 Å². The number of aldehydes is 1. The lowest BCUT2D eigenvalue weighted by atomic mass is 10.3. The fourth-order valence-electron chi connectivity index (χ4n) is 2.05. The summed E-state index contributed by atoms with van der Waals surface area (Å²) in [4.78, 5) is 25.6. The van der Waals surface area contributed by atoms with Gasteiger partial charge in [-0.25, -0.2) is 15.0 Å². The van der Waals surface area contributed by atoms with Crippen molar-refractivity contribution in [1.82, 2.24) is 19.5 Å². The molecule has 0 aromatic carbocycles. The third kappa shape index (κ3) is 1.85. The molecule has 0 saturated carbocycles. The molecule has 6 heteroatoms. The predicted octanol–water partition coefficient (Wildman–Crippen LogP) is 0.814. The van der Waals surface area contributed by atoms with Crippen LogP contribution in [0.4, 0.5) is 5.95 Å². The van der Waals surface area contributed by atoms with Gasteiger partial charge in [0.2, 0.25) is 5.95 Å². The number of carbonyl (C=O) groups is 1. The maximum atomic E-state index is 10.7. The van der Waals surface area contributed by atoms with E-state index in [1.165, 1.54) is 0 Å². The van der Waals surface area contributed by atoms with E-state index >= 15 is 0 Å². The van der Waals surface area contributed by atoms with Crippen LogP contribution >= 0.6 is 0 Å². The van der Waals surface area contributed by atoms with Crippen LogP contribution < -0.4 is 4.90 Å². The first-order valence-electron chi connectivity index (χ1n) is 5.81. The molecule has 0 amide bonds. The molecule has 0 unspecified atom stereocenters. The van der Waals surface area contributed by atoms with E-state index in [2.05, 4.69) is 19.9 Å². The highest BCUT2D eigenvalue weighted by molar-refractivity contribution is 5.71. The van der Waals surface area contributed by atoms with Gasteiger partial charge in [0.1, 0.15) is 11.5 Å². The lowest BCUT2D eigenvalue weighted by Crippen LogP contribution is -2.34. The van der Waals surface area contributed by atoms with E-state index < -0.39 is 0 Å². The topological polar surface area (TPSA) is 63.9 Å². The molecule has 3 heterocycles. The number of aromatic nitrogens is 4.